The molecule has 0 saturated heterocycles. The Bertz CT molecular complexity index is 1590. The third kappa shape index (κ3) is 6.55. The number of carbonyl (C=O) groups excluding carboxylic acids is 1. The average molecular weight is 551 g/mol. The Kier molecular flexibility index (Phi) is 8.20. The molecular weight excluding hydrogens is 520 g/mol. The Labute approximate surface area is 227 Å². The molecule has 11 heteroatoms. The summed E-state index contributed by atoms with van der Waals surface area (Å²) >= 11 is 0. The highest BCUT2D eigenvalue weighted by Crippen LogP contribution is 2.31. The van der Waals surface area contributed by atoms with Gasteiger partial charge < -0.3 is 24.1 Å². The Hall–Kier alpha value is -4.38. The summed E-state index contributed by atoms with van der Waals surface area (Å²) in [5, 5.41) is 2.43. The van der Waals surface area contributed by atoms with Gasteiger partial charge >= 0.3 is 0 Å². The van der Waals surface area contributed by atoms with Gasteiger partial charge in [0.15, 0.2) is 17.2 Å². The van der Waals surface area contributed by atoms with Crippen LogP contribution in [0.4, 0.5) is 11.4 Å². The van der Waals surface area contributed by atoms with Crippen molar-refractivity contribution in [3.63, 3.8) is 0 Å². The lowest BCUT2D eigenvalue weighted by molar-refractivity contribution is 0.102. The van der Waals surface area contributed by atoms with Gasteiger partial charge in [-0.1, -0.05) is 23.8 Å². The van der Waals surface area contributed by atoms with Crippen molar-refractivity contribution in [3.05, 3.63) is 89.1 Å². The number of amides is 1. The Balaban J connectivity index is 1.80. The van der Waals surface area contributed by atoms with E-state index in [1.54, 1.807) is 38.7 Å². The summed E-state index contributed by atoms with van der Waals surface area (Å²) in [4.78, 5) is 23.7. The van der Waals surface area contributed by atoms with Crippen molar-refractivity contribution in [3.8, 4) is 11.5 Å². The fraction of sp³-hybridized carbons (Fsp3) is 0.250. The van der Waals surface area contributed by atoms with Crippen LogP contribution in [0.25, 0.3) is 0 Å². The van der Waals surface area contributed by atoms with Crippen molar-refractivity contribution in [2.24, 2.45) is 0 Å². The second-order valence-corrected chi connectivity index (χ2v) is 11.0. The molecular formula is C28H30N4O6S. The predicted octanol–water partition coefficient (Wildman–Crippen LogP) is 4.57. The monoisotopic (exact) mass is 550 g/mol. The molecule has 10 nitrogen and oxygen atoms in total. The van der Waals surface area contributed by atoms with Gasteiger partial charge in [0.25, 0.3) is 5.91 Å². The van der Waals surface area contributed by atoms with Gasteiger partial charge in [0, 0.05) is 18.5 Å². The highest BCUT2D eigenvalue weighted by molar-refractivity contribution is 7.90. The summed E-state index contributed by atoms with van der Waals surface area (Å²) in [6.07, 6.45) is 3.91. The number of furan rings is 1. The first kappa shape index (κ1) is 27.6. The van der Waals surface area contributed by atoms with Crippen molar-refractivity contribution in [2.75, 3.05) is 30.7 Å². The predicted molar refractivity (Wildman–Crippen MR) is 147 cm³/mol. The van der Waals surface area contributed by atoms with Gasteiger partial charge in [-0.25, -0.2) is 18.4 Å². The van der Waals surface area contributed by atoms with Crippen LogP contribution in [-0.2, 0) is 22.9 Å². The zero-order valence-electron chi connectivity index (χ0n) is 22.4. The standard InChI is InChI=1S/C28H30N4O6S/c1-18-8-10-22(19(2)13-18)30-27(33)26-23(15-29-28(31-26)39(5,34)35)32(17-21-7-6-12-38-21)16-20-9-11-24(36-3)25(14-20)37-4/h6-15H,16-17H2,1-5H3,(H,30,33). The molecule has 1 N–H and O–H groups in total. The number of aryl methyl sites for hydroxylation is 2. The summed E-state index contributed by atoms with van der Waals surface area (Å²) in [6.45, 7) is 4.39. The number of carbonyl (C=O) groups is 1. The van der Waals surface area contributed by atoms with Gasteiger partial charge in [0.1, 0.15) is 5.76 Å². The minimum absolute atomic E-state index is 0.0857. The van der Waals surface area contributed by atoms with Crippen LogP contribution < -0.4 is 19.7 Å². The van der Waals surface area contributed by atoms with Crippen LogP contribution >= 0.6 is 0 Å². The van der Waals surface area contributed by atoms with E-state index in [0.717, 1.165) is 22.9 Å². The molecule has 0 aliphatic carbocycles. The lowest BCUT2D eigenvalue weighted by atomic mass is 10.1. The van der Waals surface area contributed by atoms with E-state index in [1.807, 2.05) is 49.1 Å². The van der Waals surface area contributed by atoms with E-state index in [9.17, 15) is 13.2 Å². The number of nitrogens with zero attached hydrogens (tertiary/aromatic N) is 3. The number of sulfone groups is 1. The zero-order chi connectivity index (χ0) is 28.2. The van der Waals surface area contributed by atoms with E-state index in [2.05, 4.69) is 15.3 Å². The van der Waals surface area contributed by atoms with Crippen molar-refractivity contribution in [1.29, 1.82) is 0 Å². The Morgan fingerprint density at radius 2 is 1.79 bits per heavy atom. The summed E-state index contributed by atoms with van der Waals surface area (Å²) in [5.41, 5.74) is 3.58. The van der Waals surface area contributed by atoms with Gasteiger partial charge in [-0.15, -0.1) is 0 Å². The first-order valence-electron chi connectivity index (χ1n) is 12.0. The molecule has 0 atom stereocenters. The first-order chi connectivity index (χ1) is 18.6. The van der Waals surface area contributed by atoms with E-state index in [1.165, 1.54) is 6.20 Å². The van der Waals surface area contributed by atoms with Crippen LogP contribution in [0.5, 0.6) is 11.5 Å². The maximum absolute atomic E-state index is 13.6. The van der Waals surface area contributed by atoms with Crippen molar-refractivity contribution >= 4 is 27.1 Å². The van der Waals surface area contributed by atoms with E-state index >= 15 is 0 Å². The van der Waals surface area contributed by atoms with Gasteiger partial charge in [0.2, 0.25) is 15.0 Å². The van der Waals surface area contributed by atoms with E-state index in [-0.39, 0.29) is 12.2 Å². The van der Waals surface area contributed by atoms with Crippen LogP contribution in [0.15, 0.2) is 70.6 Å². The average Bonchev–Trinajstić information content (AvgIpc) is 3.42. The number of ether oxygens (including phenoxy) is 2. The van der Waals surface area contributed by atoms with Gasteiger partial charge in [0.05, 0.1) is 38.9 Å². The second-order valence-electron chi connectivity index (χ2n) is 9.06. The van der Waals surface area contributed by atoms with Crippen molar-refractivity contribution in [2.45, 2.75) is 32.1 Å². The molecule has 0 aliphatic heterocycles. The van der Waals surface area contributed by atoms with E-state index in [0.29, 0.717) is 35.2 Å². The highest BCUT2D eigenvalue weighted by atomic mass is 32.2. The molecule has 0 spiro atoms. The molecule has 2 aromatic carbocycles. The van der Waals surface area contributed by atoms with Crippen LogP contribution in [0.3, 0.4) is 0 Å². The molecule has 4 rings (SSSR count). The molecule has 0 saturated carbocycles. The summed E-state index contributed by atoms with van der Waals surface area (Å²) < 4.78 is 41.0. The number of anilines is 2. The number of hydrogen-bond donors (Lipinski definition) is 1. The molecule has 39 heavy (non-hydrogen) atoms. The molecule has 0 fully saturated rings. The largest absolute Gasteiger partial charge is 0.493 e. The van der Waals surface area contributed by atoms with Gasteiger partial charge in [-0.05, 0) is 55.3 Å². The van der Waals surface area contributed by atoms with Crippen molar-refractivity contribution in [1.82, 2.24) is 9.97 Å². The molecule has 204 valence electrons. The highest BCUT2D eigenvalue weighted by Gasteiger charge is 2.25. The van der Waals surface area contributed by atoms with Crippen LogP contribution in [0.1, 0.15) is 32.9 Å². The van der Waals surface area contributed by atoms with Crippen molar-refractivity contribution < 1.29 is 27.1 Å². The summed E-state index contributed by atoms with van der Waals surface area (Å²) in [6, 6.07) is 14.7. The molecule has 2 aromatic heterocycles. The van der Waals surface area contributed by atoms with E-state index < -0.39 is 20.9 Å². The topological polar surface area (TPSA) is 124 Å². The molecule has 2 heterocycles. The fourth-order valence-corrected chi connectivity index (χ4v) is 4.59. The Morgan fingerprint density at radius 1 is 1.03 bits per heavy atom. The quantitative estimate of drug-likeness (QED) is 0.283. The van der Waals surface area contributed by atoms with E-state index in [4.69, 9.17) is 13.9 Å². The molecule has 0 unspecified atom stereocenters. The summed E-state index contributed by atoms with van der Waals surface area (Å²) in [5.74, 6) is 1.18. The van der Waals surface area contributed by atoms with Gasteiger partial charge in [-0.2, -0.15) is 0 Å². The lowest BCUT2D eigenvalue weighted by Crippen LogP contribution is -2.27. The number of methoxy groups -OCH3 is 2. The molecule has 0 aliphatic rings. The molecule has 0 bridgehead atoms. The van der Waals surface area contributed by atoms with Crippen LogP contribution in [0.2, 0.25) is 0 Å². The number of nitrogens with one attached hydrogen (secondary N) is 1. The molecule has 4 aromatic rings. The van der Waals surface area contributed by atoms with Crippen LogP contribution in [0, 0.1) is 13.8 Å². The number of aromatic nitrogens is 2. The zero-order valence-corrected chi connectivity index (χ0v) is 23.2. The maximum atomic E-state index is 13.6. The minimum atomic E-state index is -3.78. The number of hydrogen-bond acceptors (Lipinski definition) is 9. The third-order valence-electron chi connectivity index (χ3n) is 6.01. The Morgan fingerprint density at radius 3 is 2.44 bits per heavy atom. The third-order valence-corrected chi connectivity index (χ3v) is 6.87. The summed E-state index contributed by atoms with van der Waals surface area (Å²) in [7, 11) is -0.674. The number of benzene rings is 2. The first-order valence-corrected chi connectivity index (χ1v) is 13.9. The lowest BCUT2D eigenvalue weighted by Gasteiger charge is -2.26. The number of rotatable bonds is 10. The molecule has 1 amide bonds. The smallest absolute Gasteiger partial charge is 0.276 e. The minimum Gasteiger partial charge on any atom is -0.493 e. The fourth-order valence-electron chi connectivity index (χ4n) is 4.09. The van der Waals surface area contributed by atoms with Crippen LogP contribution in [-0.4, -0.2) is 44.8 Å². The maximum Gasteiger partial charge on any atom is 0.276 e. The normalized spacial score (nSPS) is 11.2. The SMILES string of the molecule is COc1ccc(CN(Cc2ccco2)c2cnc(S(C)(=O)=O)nc2C(=O)Nc2ccc(C)cc2C)cc1OC. The molecule has 0 radical (unpaired) electrons. The second kappa shape index (κ2) is 11.6. The van der Waals surface area contributed by atoms with Gasteiger partial charge in [-0.3, -0.25) is 4.79 Å².